The van der Waals surface area contributed by atoms with Crippen LogP contribution in [0.25, 0.3) is 10.9 Å². The Kier molecular flexibility index (Phi) is 5.30. The summed E-state index contributed by atoms with van der Waals surface area (Å²) < 4.78 is 7.78. The third-order valence-corrected chi connectivity index (χ3v) is 5.82. The van der Waals surface area contributed by atoms with E-state index in [2.05, 4.69) is 34.7 Å². The highest BCUT2D eigenvalue weighted by Crippen LogP contribution is 2.34. The summed E-state index contributed by atoms with van der Waals surface area (Å²) in [4.78, 5) is 18.7. The molecule has 0 aliphatic carbocycles. The zero-order chi connectivity index (χ0) is 22.4. The molecule has 4 rings (SSSR count). The summed E-state index contributed by atoms with van der Waals surface area (Å²) in [7, 11) is 0. The third-order valence-electron chi connectivity index (χ3n) is 5.82. The Balaban J connectivity index is 1.76. The van der Waals surface area contributed by atoms with E-state index in [-0.39, 0.29) is 6.09 Å². The lowest BCUT2D eigenvalue weighted by atomic mass is 9.97. The fraction of sp³-hybridized carbons (Fsp3) is 0.440. The summed E-state index contributed by atoms with van der Waals surface area (Å²) >= 11 is 0. The van der Waals surface area contributed by atoms with E-state index in [1.54, 1.807) is 17.3 Å². The van der Waals surface area contributed by atoms with Crippen LogP contribution < -0.4 is 0 Å². The molecule has 3 heterocycles. The molecule has 1 amide bonds. The van der Waals surface area contributed by atoms with Crippen molar-refractivity contribution >= 4 is 17.0 Å². The molecule has 1 aliphatic heterocycles. The largest absolute Gasteiger partial charge is 0.444 e. The van der Waals surface area contributed by atoms with Crippen molar-refractivity contribution in [3.05, 3.63) is 65.1 Å². The van der Waals surface area contributed by atoms with Gasteiger partial charge in [0.25, 0.3) is 0 Å². The lowest BCUT2D eigenvalue weighted by Crippen LogP contribution is -2.40. The van der Waals surface area contributed by atoms with Crippen LogP contribution in [0.3, 0.4) is 0 Å². The summed E-state index contributed by atoms with van der Waals surface area (Å²) in [6.07, 6.45) is 3.87. The van der Waals surface area contributed by atoms with E-state index in [1.165, 1.54) is 16.5 Å². The molecule has 6 nitrogen and oxygen atoms in total. The number of aromatic nitrogens is 2. The van der Waals surface area contributed by atoms with Crippen molar-refractivity contribution in [3.8, 4) is 0 Å². The zero-order valence-corrected chi connectivity index (χ0v) is 19.0. The Labute approximate surface area is 183 Å². The average Bonchev–Trinajstić information content (AvgIpc) is 2.99. The van der Waals surface area contributed by atoms with Crippen LogP contribution in [-0.2, 0) is 29.8 Å². The van der Waals surface area contributed by atoms with Crippen molar-refractivity contribution in [1.82, 2.24) is 14.5 Å². The fourth-order valence-corrected chi connectivity index (χ4v) is 4.30. The normalized spacial score (nSPS) is 16.1. The van der Waals surface area contributed by atoms with Crippen LogP contribution >= 0.6 is 0 Å². The fourth-order valence-electron chi connectivity index (χ4n) is 4.30. The van der Waals surface area contributed by atoms with E-state index in [4.69, 9.17) is 4.74 Å². The second-order valence-electron chi connectivity index (χ2n) is 9.70. The Hall–Kier alpha value is -2.86. The van der Waals surface area contributed by atoms with Gasteiger partial charge in [-0.15, -0.1) is 0 Å². The van der Waals surface area contributed by atoms with Crippen molar-refractivity contribution < 1.29 is 14.6 Å². The number of ether oxygens (including phenoxy) is 1. The molecule has 3 aromatic rings. The monoisotopic (exact) mass is 421 g/mol. The number of rotatable bonds is 3. The number of carbonyl (C=O) groups is 1. The summed E-state index contributed by atoms with van der Waals surface area (Å²) in [5, 5.41) is 12.5. The van der Waals surface area contributed by atoms with Gasteiger partial charge in [0.15, 0.2) is 0 Å². The van der Waals surface area contributed by atoms with Crippen LogP contribution in [0.5, 0.6) is 0 Å². The van der Waals surface area contributed by atoms with Gasteiger partial charge in [0, 0.05) is 41.1 Å². The molecule has 164 valence electrons. The molecule has 31 heavy (non-hydrogen) atoms. The number of aryl methyl sites for hydroxylation is 1. The van der Waals surface area contributed by atoms with Gasteiger partial charge in [-0.1, -0.05) is 17.7 Å². The Morgan fingerprint density at radius 1 is 1.23 bits per heavy atom. The van der Waals surface area contributed by atoms with Crippen LogP contribution in [-0.4, -0.2) is 37.8 Å². The zero-order valence-electron chi connectivity index (χ0n) is 19.0. The van der Waals surface area contributed by atoms with Gasteiger partial charge < -0.3 is 19.3 Å². The summed E-state index contributed by atoms with van der Waals surface area (Å²) in [5.74, 6) is 0. The van der Waals surface area contributed by atoms with E-state index in [1.807, 2.05) is 39.8 Å². The molecular weight excluding hydrogens is 390 g/mol. The number of aliphatic hydroxyl groups is 1. The molecule has 0 spiro atoms. The van der Waals surface area contributed by atoms with Gasteiger partial charge in [0.1, 0.15) is 11.2 Å². The maximum Gasteiger partial charge on any atom is 0.410 e. The van der Waals surface area contributed by atoms with Crippen LogP contribution in [0.15, 0.2) is 42.7 Å². The number of hydrogen-bond acceptors (Lipinski definition) is 4. The SMILES string of the molecule is Cc1ccc2c(c1)c1c(n2CC(C)(O)c2cccnc2)CN(C(=O)OC(C)(C)C)CC1. The van der Waals surface area contributed by atoms with Crippen molar-refractivity contribution in [2.45, 2.75) is 65.3 Å². The van der Waals surface area contributed by atoms with E-state index in [0.29, 0.717) is 19.6 Å². The number of amides is 1. The number of carbonyl (C=O) groups excluding carboxylic acids is 1. The van der Waals surface area contributed by atoms with E-state index < -0.39 is 11.2 Å². The predicted octanol–water partition coefficient (Wildman–Crippen LogP) is 4.55. The Morgan fingerprint density at radius 3 is 2.68 bits per heavy atom. The van der Waals surface area contributed by atoms with E-state index in [0.717, 1.165) is 23.2 Å². The standard InChI is InChI=1S/C25H31N3O3/c1-17-8-9-21-20(13-17)19-10-12-27(23(29)31-24(2,3)4)15-22(19)28(21)16-25(5,30)18-7-6-11-26-14-18/h6-9,11,13-14,30H,10,12,15-16H2,1-5H3. The molecule has 6 heteroatoms. The predicted molar refractivity (Wildman–Crippen MR) is 121 cm³/mol. The van der Waals surface area contributed by atoms with Gasteiger partial charge in [-0.3, -0.25) is 4.98 Å². The van der Waals surface area contributed by atoms with Crippen molar-refractivity contribution in [2.75, 3.05) is 6.54 Å². The van der Waals surface area contributed by atoms with Crippen LogP contribution in [0.1, 0.15) is 50.1 Å². The first-order chi connectivity index (χ1) is 14.5. The summed E-state index contributed by atoms with van der Waals surface area (Å²) in [6, 6.07) is 10.1. The first kappa shape index (κ1) is 21.4. The van der Waals surface area contributed by atoms with Gasteiger partial charge in [0.2, 0.25) is 0 Å². The molecule has 0 bridgehead atoms. The third kappa shape index (κ3) is 4.30. The molecule has 2 aromatic heterocycles. The maximum absolute atomic E-state index is 12.7. The van der Waals surface area contributed by atoms with Crippen molar-refractivity contribution in [3.63, 3.8) is 0 Å². The quantitative estimate of drug-likeness (QED) is 0.674. The Bertz CT molecular complexity index is 1110. The molecule has 1 N–H and O–H groups in total. The number of pyridine rings is 1. The van der Waals surface area contributed by atoms with E-state index >= 15 is 0 Å². The number of nitrogens with zero attached hydrogens (tertiary/aromatic N) is 3. The molecule has 1 atom stereocenters. The lowest BCUT2D eigenvalue weighted by Gasteiger charge is -2.32. The second-order valence-corrected chi connectivity index (χ2v) is 9.70. The molecule has 0 radical (unpaired) electrons. The number of fused-ring (bicyclic) bond motifs is 3. The van der Waals surface area contributed by atoms with Crippen molar-refractivity contribution in [1.29, 1.82) is 0 Å². The smallest absolute Gasteiger partial charge is 0.410 e. The van der Waals surface area contributed by atoms with Crippen LogP contribution in [0.2, 0.25) is 0 Å². The lowest BCUT2D eigenvalue weighted by molar-refractivity contribution is 0.0206. The molecule has 1 aromatic carbocycles. The van der Waals surface area contributed by atoms with Crippen molar-refractivity contribution in [2.24, 2.45) is 0 Å². The first-order valence-electron chi connectivity index (χ1n) is 10.8. The highest BCUT2D eigenvalue weighted by atomic mass is 16.6. The molecule has 1 unspecified atom stereocenters. The molecule has 1 aliphatic rings. The van der Waals surface area contributed by atoms with Gasteiger partial charge >= 0.3 is 6.09 Å². The van der Waals surface area contributed by atoms with Gasteiger partial charge in [0.05, 0.1) is 13.1 Å². The summed E-state index contributed by atoms with van der Waals surface area (Å²) in [5.41, 5.74) is 3.70. The molecule has 0 fully saturated rings. The Morgan fingerprint density at radius 2 is 2.00 bits per heavy atom. The summed E-state index contributed by atoms with van der Waals surface area (Å²) in [6.45, 7) is 11.0. The topological polar surface area (TPSA) is 67.6 Å². The number of hydrogen-bond donors (Lipinski definition) is 1. The highest BCUT2D eigenvalue weighted by molar-refractivity contribution is 5.87. The van der Waals surface area contributed by atoms with Gasteiger partial charge in [-0.25, -0.2) is 4.79 Å². The van der Waals surface area contributed by atoms with Gasteiger partial charge in [-0.2, -0.15) is 0 Å². The average molecular weight is 422 g/mol. The van der Waals surface area contributed by atoms with Gasteiger partial charge in [-0.05, 0) is 64.8 Å². The minimum Gasteiger partial charge on any atom is -0.444 e. The number of benzene rings is 1. The minimum atomic E-state index is -1.10. The van der Waals surface area contributed by atoms with E-state index in [9.17, 15) is 9.90 Å². The molecule has 0 saturated heterocycles. The second kappa shape index (κ2) is 7.68. The van der Waals surface area contributed by atoms with Crippen LogP contribution in [0, 0.1) is 6.92 Å². The minimum absolute atomic E-state index is 0.301. The molecular formula is C25H31N3O3. The maximum atomic E-state index is 12.7. The highest BCUT2D eigenvalue weighted by Gasteiger charge is 2.32. The molecule has 0 saturated carbocycles. The first-order valence-corrected chi connectivity index (χ1v) is 10.8. The van der Waals surface area contributed by atoms with Crippen LogP contribution in [0.4, 0.5) is 4.79 Å².